The summed E-state index contributed by atoms with van der Waals surface area (Å²) in [5.74, 6) is 0. The van der Waals surface area contributed by atoms with Crippen LogP contribution in [-0.4, -0.2) is 35.2 Å². The highest BCUT2D eigenvalue weighted by atomic mass is 16.3. The lowest BCUT2D eigenvalue weighted by molar-refractivity contribution is 0.0454. The van der Waals surface area contributed by atoms with E-state index in [-0.39, 0.29) is 6.10 Å². The van der Waals surface area contributed by atoms with Crippen molar-refractivity contribution in [2.75, 3.05) is 13.1 Å². The van der Waals surface area contributed by atoms with E-state index in [1.807, 2.05) is 0 Å². The van der Waals surface area contributed by atoms with Crippen molar-refractivity contribution in [2.24, 2.45) is 0 Å². The molecule has 0 spiro atoms. The normalized spacial score (nSPS) is 31.5. The Bertz CT molecular complexity index is 282. The van der Waals surface area contributed by atoms with Crippen LogP contribution in [0.3, 0.4) is 0 Å². The zero-order valence-corrected chi connectivity index (χ0v) is 10.2. The molecule has 2 heteroatoms. The summed E-state index contributed by atoms with van der Waals surface area (Å²) in [6, 6.07) is 0.569. The lowest BCUT2D eigenvalue weighted by Gasteiger charge is -2.37. The van der Waals surface area contributed by atoms with Crippen molar-refractivity contribution in [1.82, 2.24) is 4.90 Å². The topological polar surface area (TPSA) is 23.5 Å². The van der Waals surface area contributed by atoms with Crippen molar-refractivity contribution >= 4 is 0 Å². The van der Waals surface area contributed by atoms with Crippen molar-refractivity contribution in [3.05, 3.63) is 23.8 Å². The molecule has 1 fully saturated rings. The molecule has 2 nitrogen and oxygen atoms in total. The molecule has 1 aliphatic carbocycles. The number of hydrogen-bond acceptors (Lipinski definition) is 2. The summed E-state index contributed by atoms with van der Waals surface area (Å²) >= 11 is 0. The number of likely N-dealkylation sites (tertiary alicyclic amines) is 1. The molecule has 2 rings (SSSR count). The van der Waals surface area contributed by atoms with E-state index < -0.39 is 0 Å². The van der Waals surface area contributed by atoms with Crippen molar-refractivity contribution in [3.63, 3.8) is 0 Å². The summed E-state index contributed by atoms with van der Waals surface area (Å²) in [4.78, 5) is 2.54. The van der Waals surface area contributed by atoms with Crippen LogP contribution in [0.4, 0.5) is 0 Å². The summed E-state index contributed by atoms with van der Waals surface area (Å²) in [5.41, 5.74) is 1.46. The number of rotatable bonds is 3. The SMILES string of the molecule is CCC1CC(O)CCN1CC1=CCCC=C1. The van der Waals surface area contributed by atoms with Crippen LogP contribution in [0, 0.1) is 0 Å². The molecular weight excluding hydrogens is 198 g/mol. The number of hydrogen-bond donors (Lipinski definition) is 1. The minimum atomic E-state index is -0.0722. The Hall–Kier alpha value is -0.600. The Morgan fingerprint density at radius 2 is 2.31 bits per heavy atom. The lowest BCUT2D eigenvalue weighted by Crippen LogP contribution is -2.44. The quantitative estimate of drug-likeness (QED) is 0.791. The minimum Gasteiger partial charge on any atom is -0.393 e. The Morgan fingerprint density at radius 3 is 3.00 bits per heavy atom. The highest BCUT2D eigenvalue weighted by Gasteiger charge is 2.26. The molecule has 16 heavy (non-hydrogen) atoms. The molecule has 2 unspecified atom stereocenters. The van der Waals surface area contributed by atoms with E-state index in [9.17, 15) is 5.11 Å². The standard InChI is InChI=1S/C14H23NO/c1-2-13-10-14(16)8-9-15(13)11-12-6-4-3-5-7-12/h4,6-7,13-14,16H,2-3,5,8-11H2,1H3. The number of aliphatic hydroxyl groups excluding tert-OH is 1. The molecule has 1 N–H and O–H groups in total. The molecule has 1 saturated heterocycles. The maximum Gasteiger partial charge on any atom is 0.0567 e. The third-order valence-corrected chi connectivity index (χ3v) is 3.74. The molecule has 90 valence electrons. The van der Waals surface area contributed by atoms with E-state index >= 15 is 0 Å². The van der Waals surface area contributed by atoms with Crippen molar-refractivity contribution in [3.8, 4) is 0 Å². The van der Waals surface area contributed by atoms with Gasteiger partial charge < -0.3 is 5.11 Å². The van der Waals surface area contributed by atoms with Crippen molar-refractivity contribution in [2.45, 2.75) is 51.2 Å². The van der Waals surface area contributed by atoms with Crippen LogP contribution in [0.2, 0.25) is 0 Å². The van der Waals surface area contributed by atoms with E-state index in [0.717, 1.165) is 32.4 Å². The molecule has 0 aromatic heterocycles. The number of allylic oxidation sites excluding steroid dienone is 2. The third kappa shape index (κ3) is 2.96. The summed E-state index contributed by atoms with van der Waals surface area (Å²) in [5, 5.41) is 9.68. The third-order valence-electron chi connectivity index (χ3n) is 3.74. The average Bonchev–Trinajstić information content (AvgIpc) is 2.33. The van der Waals surface area contributed by atoms with Crippen LogP contribution in [0.25, 0.3) is 0 Å². The fourth-order valence-electron chi connectivity index (χ4n) is 2.73. The van der Waals surface area contributed by atoms with Gasteiger partial charge in [-0.15, -0.1) is 0 Å². The van der Waals surface area contributed by atoms with Crippen LogP contribution in [0.15, 0.2) is 23.8 Å². The van der Waals surface area contributed by atoms with Gasteiger partial charge in [0.2, 0.25) is 0 Å². The van der Waals surface area contributed by atoms with Gasteiger partial charge >= 0.3 is 0 Å². The van der Waals surface area contributed by atoms with Crippen molar-refractivity contribution in [1.29, 1.82) is 0 Å². The smallest absolute Gasteiger partial charge is 0.0567 e. The van der Waals surface area contributed by atoms with Gasteiger partial charge in [0.25, 0.3) is 0 Å². The first-order valence-corrected chi connectivity index (χ1v) is 6.57. The summed E-state index contributed by atoms with van der Waals surface area (Å²) in [7, 11) is 0. The Morgan fingerprint density at radius 1 is 1.44 bits per heavy atom. The second-order valence-electron chi connectivity index (χ2n) is 4.97. The fourth-order valence-corrected chi connectivity index (χ4v) is 2.73. The van der Waals surface area contributed by atoms with E-state index in [1.165, 1.54) is 18.4 Å². The first-order chi connectivity index (χ1) is 7.79. The minimum absolute atomic E-state index is 0.0722. The zero-order chi connectivity index (χ0) is 11.4. The van der Waals surface area contributed by atoms with E-state index in [2.05, 4.69) is 30.1 Å². The molecule has 0 aromatic carbocycles. The molecule has 2 atom stereocenters. The first-order valence-electron chi connectivity index (χ1n) is 6.57. The van der Waals surface area contributed by atoms with Crippen LogP contribution >= 0.6 is 0 Å². The molecule has 1 heterocycles. The second-order valence-corrected chi connectivity index (χ2v) is 4.97. The van der Waals surface area contributed by atoms with Gasteiger partial charge in [0.1, 0.15) is 0 Å². The summed E-state index contributed by atoms with van der Waals surface area (Å²) in [6.45, 7) is 4.34. The number of aliphatic hydroxyl groups is 1. The maximum absolute atomic E-state index is 9.68. The highest BCUT2D eigenvalue weighted by Crippen LogP contribution is 2.22. The molecule has 1 aliphatic heterocycles. The van der Waals surface area contributed by atoms with Gasteiger partial charge in [-0.05, 0) is 37.7 Å². The van der Waals surface area contributed by atoms with Gasteiger partial charge in [0.05, 0.1) is 6.10 Å². The van der Waals surface area contributed by atoms with Crippen LogP contribution in [0.5, 0.6) is 0 Å². The molecule has 0 amide bonds. The van der Waals surface area contributed by atoms with Crippen LogP contribution < -0.4 is 0 Å². The first kappa shape index (κ1) is 11.9. The predicted molar refractivity (Wildman–Crippen MR) is 67.3 cm³/mol. The molecule has 2 aliphatic rings. The number of piperidine rings is 1. The van der Waals surface area contributed by atoms with Gasteiger partial charge in [-0.2, -0.15) is 0 Å². The van der Waals surface area contributed by atoms with Gasteiger partial charge in [-0.25, -0.2) is 0 Å². The molecular formula is C14H23NO. The molecule has 0 radical (unpaired) electrons. The molecule has 0 aromatic rings. The van der Waals surface area contributed by atoms with Gasteiger partial charge in [-0.3, -0.25) is 4.90 Å². The van der Waals surface area contributed by atoms with Gasteiger partial charge in [-0.1, -0.05) is 25.2 Å². The monoisotopic (exact) mass is 221 g/mol. The Balaban J connectivity index is 1.92. The van der Waals surface area contributed by atoms with E-state index in [1.54, 1.807) is 0 Å². The lowest BCUT2D eigenvalue weighted by atomic mass is 9.96. The average molecular weight is 221 g/mol. The largest absolute Gasteiger partial charge is 0.393 e. The Kier molecular flexibility index (Phi) is 4.19. The highest BCUT2D eigenvalue weighted by molar-refractivity contribution is 5.23. The van der Waals surface area contributed by atoms with E-state index in [0.29, 0.717) is 6.04 Å². The maximum atomic E-state index is 9.68. The summed E-state index contributed by atoms with van der Waals surface area (Å²) in [6.07, 6.45) is 12.2. The molecule has 0 bridgehead atoms. The fraction of sp³-hybridized carbons (Fsp3) is 0.714. The van der Waals surface area contributed by atoms with Gasteiger partial charge in [0.15, 0.2) is 0 Å². The Labute approximate surface area is 98.6 Å². The number of nitrogens with zero attached hydrogens (tertiary/aromatic N) is 1. The zero-order valence-electron chi connectivity index (χ0n) is 10.2. The van der Waals surface area contributed by atoms with Gasteiger partial charge in [0, 0.05) is 19.1 Å². The van der Waals surface area contributed by atoms with Crippen LogP contribution in [0.1, 0.15) is 39.0 Å². The van der Waals surface area contributed by atoms with Crippen LogP contribution in [-0.2, 0) is 0 Å². The molecule has 0 saturated carbocycles. The van der Waals surface area contributed by atoms with Crippen molar-refractivity contribution < 1.29 is 5.11 Å². The summed E-state index contributed by atoms with van der Waals surface area (Å²) < 4.78 is 0. The predicted octanol–water partition coefficient (Wildman–Crippen LogP) is 2.50. The van der Waals surface area contributed by atoms with E-state index in [4.69, 9.17) is 0 Å². The second kappa shape index (κ2) is 5.65.